The van der Waals surface area contributed by atoms with Gasteiger partial charge in [0.1, 0.15) is 18.0 Å². The number of benzene rings is 1. The van der Waals surface area contributed by atoms with Crippen molar-refractivity contribution in [2.45, 2.75) is 65.2 Å². The van der Waals surface area contributed by atoms with E-state index in [-0.39, 0.29) is 12.2 Å². The topological polar surface area (TPSA) is 30.5 Å². The molecule has 0 aliphatic heterocycles. The fraction of sp³-hybridized carbons (Fsp3) is 0.667. The molecule has 1 aliphatic carbocycles. The van der Waals surface area contributed by atoms with Crippen molar-refractivity contribution in [1.82, 2.24) is 5.32 Å². The summed E-state index contributed by atoms with van der Waals surface area (Å²) < 4.78 is 12.1. The Morgan fingerprint density at radius 2 is 2.05 bits per heavy atom. The van der Waals surface area contributed by atoms with E-state index in [0.29, 0.717) is 12.0 Å². The molecule has 0 radical (unpaired) electrons. The Morgan fingerprint density at radius 1 is 1.29 bits per heavy atom. The molecule has 0 saturated heterocycles. The van der Waals surface area contributed by atoms with E-state index in [2.05, 4.69) is 51.2 Å². The lowest BCUT2D eigenvalue weighted by Crippen LogP contribution is -2.61. The van der Waals surface area contributed by atoms with Crippen LogP contribution in [0.15, 0.2) is 18.2 Å². The van der Waals surface area contributed by atoms with Crippen LogP contribution in [0, 0.1) is 6.92 Å². The molecule has 2 rings (SSSR count). The first-order chi connectivity index (χ1) is 10.1. The highest BCUT2D eigenvalue weighted by atomic mass is 16.5. The second-order valence-electron chi connectivity index (χ2n) is 6.16. The Hall–Kier alpha value is -1.06. The summed E-state index contributed by atoms with van der Waals surface area (Å²) in [5.41, 5.74) is 2.52. The van der Waals surface area contributed by atoms with Crippen molar-refractivity contribution in [2.75, 3.05) is 13.2 Å². The van der Waals surface area contributed by atoms with Crippen molar-refractivity contribution in [3.05, 3.63) is 29.3 Å². The van der Waals surface area contributed by atoms with Gasteiger partial charge in [-0.3, -0.25) is 0 Å². The molecule has 118 valence electrons. The molecule has 0 amide bonds. The molecular weight excluding hydrogens is 262 g/mol. The van der Waals surface area contributed by atoms with E-state index in [1.807, 2.05) is 6.92 Å². The molecule has 1 fully saturated rings. The molecule has 1 N–H and O–H groups in total. The van der Waals surface area contributed by atoms with Crippen LogP contribution >= 0.6 is 0 Å². The van der Waals surface area contributed by atoms with Crippen LogP contribution in [0.3, 0.4) is 0 Å². The van der Waals surface area contributed by atoms with Gasteiger partial charge in [0.2, 0.25) is 0 Å². The average Bonchev–Trinajstić information content (AvgIpc) is 2.45. The molecule has 0 heterocycles. The third-order valence-corrected chi connectivity index (χ3v) is 4.23. The van der Waals surface area contributed by atoms with Crippen LogP contribution < -0.4 is 10.1 Å². The lowest BCUT2D eigenvalue weighted by molar-refractivity contribution is -0.104. The summed E-state index contributed by atoms with van der Waals surface area (Å²) in [4.78, 5) is 0. The number of likely N-dealkylation sites (N-methyl/N-ethyl adjacent to an activating group) is 1. The smallest absolute Gasteiger partial charge is 0.128 e. The maximum atomic E-state index is 6.25. The number of rotatable bonds is 7. The highest BCUT2D eigenvalue weighted by Gasteiger charge is 2.43. The lowest BCUT2D eigenvalue weighted by atomic mass is 9.85. The van der Waals surface area contributed by atoms with E-state index in [4.69, 9.17) is 9.47 Å². The van der Waals surface area contributed by atoms with Gasteiger partial charge in [0.25, 0.3) is 0 Å². The van der Waals surface area contributed by atoms with Crippen LogP contribution in [0.5, 0.6) is 5.75 Å². The predicted octanol–water partition coefficient (Wildman–Crippen LogP) is 3.65. The van der Waals surface area contributed by atoms with Gasteiger partial charge in [-0.25, -0.2) is 0 Å². The summed E-state index contributed by atoms with van der Waals surface area (Å²) in [7, 11) is 0. The van der Waals surface area contributed by atoms with E-state index in [1.54, 1.807) is 0 Å². The maximum Gasteiger partial charge on any atom is 0.128 e. The molecule has 1 aromatic carbocycles. The standard InChI is InChI=1S/C18H29NO2/c1-6-19-15-11-17(18(15)20-7-2)21-16-10-14(12(3)4)9-8-13(16)5/h8-10,12,15,17-19H,6-7,11H2,1-5H3. The van der Waals surface area contributed by atoms with Gasteiger partial charge < -0.3 is 14.8 Å². The molecule has 1 aromatic rings. The number of nitrogens with one attached hydrogen (secondary N) is 1. The minimum absolute atomic E-state index is 0.162. The van der Waals surface area contributed by atoms with Crippen LogP contribution in [0.1, 0.15) is 51.2 Å². The first kappa shape index (κ1) is 16.3. The summed E-state index contributed by atoms with van der Waals surface area (Å²) in [5.74, 6) is 1.53. The Bertz CT molecular complexity index is 459. The molecule has 0 spiro atoms. The van der Waals surface area contributed by atoms with Crippen molar-refractivity contribution in [3.8, 4) is 5.75 Å². The monoisotopic (exact) mass is 291 g/mol. The Morgan fingerprint density at radius 3 is 2.67 bits per heavy atom. The predicted molar refractivity (Wildman–Crippen MR) is 87.2 cm³/mol. The number of ether oxygens (including phenoxy) is 2. The van der Waals surface area contributed by atoms with Crippen LogP contribution in [0.25, 0.3) is 0 Å². The van der Waals surface area contributed by atoms with Crippen LogP contribution in [-0.4, -0.2) is 31.4 Å². The van der Waals surface area contributed by atoms with Crippen LogP contribution in [-0.2, 0) is 4.74 Å². The zero-order valence-corrected chi connectivity index (χ0v) is 14.0. The Labute approximate surface area is 129 Å². The van der Waals surface area contributed by atoms with Gasteiger partial charge >= 0.3 is 0 Å². The Balaban J connectivity index is 2.05. The molecule has 3 heteroatoms. The van der Waals surface area contributed by atoms with E-state index in [9.17, 15) is 0 Å². The van der Waals surface area contributed by atoms with Gasteiger partial charge in [0.15, 0.2) is 0 Å². The summed E-state index contributed by atoms with van der Waals surface area (Å²) in [6.45, 7) is 12.4. The SMILES string of the molecule is CCNC1CC(Oc2cc(C(C)C)ccc2C)C1OCC. The van der Waals surface area contributed by atoms with Gasteiger partial charge in [-0.15, -0.1) is 0 Å². The molecule has 3 atom stereocenters. The van der Waals surface area contributed by atoms with Gasteiger partial charge in [-0.2, -0.15) is 0 Å². The summed E-state index contributed by atoms with van der Waals surface area (Å²) in [5, 5.41) is 3.47. The fourth-order valence-corrected chi connectivity index (χ4v) is 2.84. The lowest BCUT2D eigenvalue weighted by Gasteiger charge is -2.44. The van der Waals surface area contributed by atoms with Gasteiger partial charge in [0, 0.05) is 19.1 Å². The summed E-state index contributed by atoms with van der Waals surface area (Å²) in [6.07, 6.45) is 1.34. The molecule has 3 unspecified atom stereocenters. The first-order valence-corrected chi connectivity index (χ1v) is 8.19. The molecule has 0 aromatic heterocycles. The molecule has 1 aliphatic rings. The maximum absolute atomic E-state index is 6.25. The summed E-state index contributed by atoms with van der Waals surface area (Å²) >= 11 is 0. The molecule has 21 heavy (non-hydrogen) atoms. The highest BCUT2D eigenvalue weighted by molar-refractivity contribution is 5.38. The van der Waals surface area contributed by atoms with E-state index < -0.39 is 0 Å². The van der Waals surface area contributed by atoms with Gasteiger partial charge in [-0.05, 0) is 43.5 Å². The van der Waals surface area contributed by atoms with Crippen molar-refractivity contribution in [3.63, 3.8) is 0 Å². The van der Waals surface area contributed by atoms with E-state index in [0.717, 1.165) is 25.3 Å². The number of hydrogen-bond donors (Lipinski definition) is 1. The van der Waals surface area contributed by atoms with Crippen LogP contribution in [0.2, 0.25) is 0 Å². The van der Waals surface area contributed by atoms with Crippen molar-refractivity contribution in [1.29, 1.82) is 0 Å². The second kappa shape index (κ2) is 7.28. The first-order valence-electron chi connectivity index (χ1n) is 8.19. The average molecular weight is 291 g/mol. The van der Waals surface area contributed by atoms with Crippen molar-refractivity contribution >= 4 is 0 Å². The van der Waals surface area contributed by atoms with Gasteiger partial charge in [0.05, 0.1) is 0 Å². The normalized spacial score (nSPS) is 25.0. The largest absolute Gasteiger partial charge is 0.487 e. The fourth-order valence-electron chi connectivity index (χ4n) is 2.84. The molecule has 0 bridgehead atoms. The van der Waals surface area contributed by atoms with Crippen molar-refractivity contribution in [2.24, 2.45) is 0 Å². The third-order valence-electron chi connectivity index (χ3n) is 4.23. The molecule has 1 saturated carbocycles. The zero-order valence-electron chi connectivity index (χ0n) is 14.0. The molecule has 3 nitrogen and oxygen atoms in total. The van der Waals surface area contributed by atoms with Crippen molar-refractivity contribution < 1.29 is 9.47 Å². The number of aryl methyl sites for hydroxylation is 1. The highest BCUT2D eigenvalue weighted by Crippen LogP contribution is 2.32. The minimum atomic E-state index is 0.162. The second-order valence-corrected chi connectivity index (χ2v) is 6.16. The zero-order chi connectivity index (χ0) is 15.4. The van der Waals surface area contributed by atoms with Gasteiger partial charge in [-0.1, -0.05) is 32.9 Å². The Kier molecular flexibility index (Phi) is 5.65. The number of hydrogen-bond acceptors (Lipinski definition) is 3. The minimum Gasteiger partial charge on any atom is -0.487 e. The quantitative estimate of drug-likeness (QED) is 0.832. The molecular formula is C18H29NO2. The van der Waals surface area contributed by atoms with E-state index >= 15 is 0 Å². The summed E-state index contributed by atoms with van der Waals surface area (Å²) in [6, 6.07) is 6.95. The van der Waals surface area contributed by atoms with E-state index in [1.165, 1.54) is 11.1 Å². The van der Waals surface area contributed by atoms with Crippen LogP contribution in [0.4, 0.5) is 0 Å². The third kappa shape index (κ3) is 3.78.